The second-order valence-corrected chi connectivity index (χ2v) is 6.76. The van der Waals surface area contributed by atoms with Crippen molar-refractivity contribution in [1.82, 2.24) is 14.9 Å². The molecular formula is C15H22ClN3O3. The number of likely N-dealkylation sites (tertiary alicyclic amines) is 1. The van der Waals surface area contributed by atoms with Crippen molar-refractivity contribution in [3.8, 4) is 5.88 Å². The number of carbonyl (C=O) groups is 1. The third kappa shape index (κ3) is 5.02. The first-order valence-corrected chi connectivity index (χ1v) is 7.76. The molecule has 0 saturated carbocycles. The second-order valence-electron chi connectivity index (χ2n) is 6.43. The summed E-state index contributed by atoms with van der Waals surface area (Å²) >= 11 is 5.83. The van der Waals surface area contributed by atoms with Gasteiger partial charge in [-0.05, 0) is 52.1 Å². The number of rotatable bonds is 2. The van der Waals surface area contributed by atoms with Crippen LogP contribution in [0.3, 0.4) is 0 Å². The first kappa shape index (κ1) is 16.8. The topological polar surface area (TPSA) is 64.5 Å². The number of ether oxygens (including phenoxy) is 2. The van der Waals surface area contributed by atoms with E-state index in [0.717, 1.165) is 18.5 Å². The van der Waals surface area contributed by atoms with Crippen LogP contribution in [0.2, 0.25) is 5.28 Å². The number of aryl methyl sites for hydroxylation is 1. The molecule has 0 aliphatic carbocycles. The molecule has 2 heterocycles. The molecule has 1 aliphatic rings. The van der Waals surface area contributed by atoms with Gasteiger partial charge >= 0.3 is 6.09 Å². The highest BCUT2D eigenvalue weighted by molar-refractivity contribution is 6.28. The number of halogens is 1. The molecule has 1 aromatic heterocycles. The van der Waals surface area contributed by atoms with Crippen LogP contribution in [0.1, 0.15) is 39.3 Å². The Morgan fingerprint density at radius 2 is 2.14 bits per heavy atom. The molecule has 2 rings (SSSR count). The number of nitrogens with zero attached hydrogens (tertiary/aromatic N) is 3. The summed E-state index contributed by atoms with van der Waals surface area (Å²) < 4.78 is 11.2. The zero-order chi connectivity index (χ0) is 16.3. The van der Waals surface area contributed by atoms with Gasteiger partial charge in [0.2, 0.25) is 11.2 Å². The van der Waals surface area contributed by atoms with Crippen molar-refractivity contribution >= 4 is 17.7 Å². The van der Waals surface area contributed by atoms with Gasteiger partial charge in [-0.1, -0.05) is 0 Å². The Morgan fingerprint density at radius 3 is 2.77 bits per heavy atom. The minimum absolute atomic E-state index is 0.119. The lowest BCUT2D eigenvalue weighted by atomic mass is 10.1. The smallest absolute Gasteiger partial charge is 0.410 e. The molecule has 1 saturated heterocycles. The fourth-order valence-electron chi connectivity index (χ4n) is 2.26. The average molecular weight is 328 g/mol. The van der Waals surface area contributed by atoms with Crippen molar-refractivity contribution in [2.75, 3.05) is 13.1 Å². The van der Waals surface area contributed by atoms with Gasteiger partial charge in [0, 0.05) is 18.3 Å². The molecule has 0 spiro atoms. The maximum absolute atomic E-state index is 12.1. The van der Waals surface area contributed by atoms with E-state index in [2.05, 4.69) is 9.97 Å². The minimum atomic E-state index is -0.498. The fourth-order valence-corrected chi connectivity index (χ4v) is 2.48. The molecule has 1 atom stereocenters. The first-order chi connectivity index (χ1) is 10.2. The Morgan fingerprint density at radius 1 is 1.41 bits per heavy atom. The Balaban J connectivity index is 1.97. The predicted octanol–water partition coefficient (Wildman–Crippen LogP) is 3.22. The van der Waals surface area contributed by atoms with E-state index in [4.69, 9.17) is 21.1 Å². The second kappa shape index (κ2) is 6.69. The molecule has 1 aromatic rings. The normalized spacial score (nSPS) is 19.0. The highest BCUT2D eigenvalue weighted by Crippen LogP contribution is 2.20. The van der Waals surface area contributed by atoms with Crippen LogP contribution in [0.15, 0.2) is 6.07 Å². The molecule has 0 N–H and O–H groups in total. The summed E-state index contributed by atoms with van der Waals surface area (Å²) in [7, 11) is 0. The van der Waals surface area contributed by atoms with Gasteiger partial charge in [0.05, 0.1) is 6.54 Å². The van der Waals surface area contributed by atoms with Gasteiger partial charge in [-0.15, -0.1) is 0 Å². The number of aromatic nitrogens is 2. The predicted molar refractivity (Wildman–Crippen MR) is 83.2 cm³/mol. The first-order valence-electron chi connectivity index (χ1n) is 7.39. The van der Waals surface area contributed by atoms with E-state index in [0.29, 0.717) is 19.0 Å². The van der Waals surface area contributed by atoms with Crippen molar-refractivity contribution in [2.45, 2.75) is 52.2 Å². The van der Waals surface area contributed by atoms with E-state index in [9.17, 15) is 4.79 Å². The Labute approximate surface area is 135 Å². The Hall–Kier alpha value is -1.56. The molecule has 0 radical (unpaired) electrons. The zero-order valence-electron chi connectivity index (χ0n) is 13.4. The number of carbonyl (C=O) groups excluding carboxylic acids is 1. The third-order valence-electron chi connectivity index (χ3n) is 3.12. The summed E-state index contributed by atoms with van der Waals surface area (Å²) in [5.41, 5.74) is 0.247. The number of piperidine rings is 1. The molecule has 1 fully saturated rings. The summed E-state index contributed by atoms with van der Waals surface area (Å²) in [6, 6.07) is 1.73. The van der Waals surface area contributed by atoms with E-state index in [1.54, 1.807) is 11.0 Å². The van der Waals surface area contributed by atoms with E-state index >= 15 is 0 Å². The molecule has 122 valence electrons. The van der Waals surface area contributed by atoms with Crippen molar-refractivity contribution in [2.24, 2.45) is 0 Å². The number of hydrogen-bond donors (Lipinski definition) is 0. The summed E-state index contributed by atoms with van der Waals surface area (Å²) in [5, 5.41) is 0.162. The number of hydrogen-bond acceptors (Lipinski definition) is 5. The SMILES string of the molecule is Cc1cc(OC2CCCN(C(=O)OC(C)(C)C)C2)nc(Cl)n1. The molecule has 1 unspecified atom stereocenters. The summed E-state index contributed by atoms with van der Waals surface area (Å²) in [6.45, 7) is 8.56. The van der Waals surface area contributed by atoms with Crippen LogP contribution in [0.5, 0.6) is 5.88 Å². The van der Waals surface area contributed by atoms with Gasteiger partial charge in [0.15, 0.2) is 0 Å². The van der Waals surface area contributed by atoms with Crippen LogP contribution in [0.4, 0.5) is 4.79 Å². The van der Waals surface area contributed by atoms with Crippen LogP contribution < -0.4 is 4.74 Å². The van der Waals surface area contributed by atoms with E-state index < -0.39 is 5.60 Å². The van der Waals surface area contributed by atoms with Crippen LogP contribution in [-0.4, -0.2) is 45.8 Å². The standard InChI is InChI=1S/C15H22ClN3O3/c1-10-8-12(18-13(16)17-10)21-11-6-5-7-19(9-11)14(20)22-15(2,3)4/h8,11H,5-7,9H2,1-4H3. The van der Waals surface area contributed by atoms with Gasteiger partial charge in [-0.25, -0.2) is 9.78 Å². The van der Waals surface area contributed by atoms with Gasteiger partial charge in [-0.2, -0.15) is 4.98 Å². The van der Waals surface area contributed by atoms with Gasteiger partial charge in [0.1, 0.15) is 11.7 Å². The van der Waals surface area contributed by atoms with Crippen LogP contribution in [0, 0.1) is 6.92 Å². The lowest BCUT2D eigenvalue weighted by molar-refractivity contribution is 0.00719. The van der Waals surface area contributed by atoms with Crippen LogP contribution >= 0.6 is 11.6 Å². The molecular weight excluding hydrogens is 306 g/mol. The van der Waals surface area contributed by atoms with Gasteiger partial charge < -0.3 is 14.4 Å². The van der Waals surface area contributed by atoms with Crippen molar-refractivity contribution in [3.05, 3.63) is 17.0 Å². The Bertz CT molecular complexity index is 525. The molecule has 6 nitrogen and oxygen atoms in total. The van der Waals surface area contributed by atoms with Crippen molar-refractivity contribution in [1.29, 1.82) is 0 Å². The van der Waals surface area contributed by atoms with Crippen molar-refractivity contribution in [3.63, 3.8) is 0 Å². The van der Waals surface area contributed by atoms with Crippen LogP contribution in [-0.2, 0) is 4.74 Å². The van der Waals surface area contributed by atoms with Crippen molar-refractivity contribution < 1.29 is 14.3 Å². The maximum Gasteiger partial charge on any atom is 0.410 e. The van der Waals surface area contributed by atoms with Gasteiger partial charge in [0.25, 0.3) is 0 Å². The van der Waals surface area contributed by atoms with Gasteiger partial charge in [-0.3, -0.25) is 0 Å². The monoisotopic (exact) mass is 327 g/mol. The van der Waals surface area contributed by atoms with E-state index in [1.807, 2.05) is 27.7 Å². The fraction of sp³-hybridized carbons (Fsp3) is 0.667. The minimum Gasteiger partial charge on any atom is -0.472 e. The quantitative estimate of drug-likeness (QED) is 0.780. The lowest BCUT2D eigenvalue weighted by Gasteiger charge is -2.33. The van der Waals surface area contributed by atoms with E-state index in [1.165, 1.54) is 0 Å². The molecule has 1 amide bonds. The summed E-state index contributed by atoms with van der Waals surface area (Å²) in [5.74, 6) is 0.438. The zero-order valence-corrected chi connectivity index (χ0v) is 14.2. The summed E-state index contributed by atoms with van der Waals surface area (Å²) in [4.78, 5) is 21.9. The molecule has 22 heavy (non-hydrogen) atoms. The molecule has 0 bridgehead atoms. The summed E-state index contributed by atoms with van der Waals surface area (Å²) in [6.07, 6.45) is 1.30. The lowest BCUT2D eigenvalue weighted by Crippen LogP contribution is -2.46. The highest BCUT2D eigenvalue weighted by atomic mass is 35.5. The average Bonchev–Trinajstić information content (AvgIpc) is 2.35. The maximum atomic E-state index is 12.1. The van der Waals surface area contributed by atoms with Crippen LogP contribution in [0.25, 0.3) is 0 Å². The van der Waals surface area contributed by atoms with E-state index in [-0.39, 0.29) is 17.5 Å². The number of amides is 1. The third-order valence-corrected chi connectivity index (χ3v) is 3.29. The highest BCUT2D eigenvalue weighted by Gasteiger charge is 2.28. The molecule has 0 aromatic carbocycles. The largest absolute Gasteiger partial charge is 0.472 e. The molecule has 7 heteroatoms. The molecule has 1 aliphatic heterocycles. The Kier molecular flexibility index (Phi) is 5.11.